The maximum atomic E-state index is 11.7. The zero-order chi connectivity index (χ0) is 12.4. The van der Waals surface area contributed by atoms with E-state index in [1.807, 2.05) is 18.2 Å². The van der Waals surface area contributed by atoms with E-state index in [1.165, 1.54) is 0 Å². The summed E-state index contributed by atoms with van der Waals surface area (Å²) >= 11 is 5.97. The van der Waals surface area contributed by atoms with Crippen LogP contribution in [-0.4, -0.2) is 10.5 Å². The number of rotatable bonds is 3. The van der Waals surface area contributed by atoms with Crippen molar-refractivity contribution in [2.45, 2.75) is 33.1 Å². The quantitative estimate of drug-likeness (QED) is 0.795. The Labute approximate surface area is 106 Å². The van der Waals surface area contributed by atoms with E-state index in [4.69, 9.17) is 11.6 Å². The Hall–Kier alpha value is -1.28. The van der Waals surface area contributed by atoms with Crippen molar-refractivity contribution < 1.29 is 4.79 Å². The van der Waals surface area contributed by atoms with Crippen LogP contribution in [0.4, 0.5) is 0 Å². The molecule has 0 aliphatic rings. The maximum absolute atomic E-state index is 11.7. The highest BCUT2D eigenvalue weighted by Crippen LogP contribution is 2.24. The van der Waals surface area contributed by atoms with Gasteiger partial charge in [0.1, 0.15) is 0 Å². The lowest BCUT2D eigenvalue weighted by molar-refractivity contribution is 0.0938. The fourth-order valence-corrected chi connectivity index (χ4v) is 2.34. The van der Waals surface area contributed by atoms with Crippen molar-refractivity contribution in [1.82, 2.24) is 4.57 Å². The summed E-state index contributed by atoms with van der Waals surface area (Å²) < 4.78 is 1.79. The lowest BCUT2D eigenvalue weighted by Gasteiger charge is -2.05. The lowest BCUT2D eigenvalue weighted by Crippen LogP contribution is -2.09. The Bertz CT molecular complexity index is 557. The average Bonchev–Trinajstić information content (AvgIpc) is 2.63. The highest BCUT2D eigenvalue weighted by Gasteiger charge is 2.11. The first-order valence-corrected chi connectivity index (χ1v) is 6.32. The third-order valence-corrected chi connectivity index (χ3v) is 3.18. The number of fused-ring (bicyclic) bond motifs is 1. The molecular formula is C14H16ClNO. The Kier molecular flexibility index (Phi) is 3.53. The molecule has 0 amide bonds. The fraction of sp³-hybridized carbons (Fsp3) is 0.357. The summed E-state index contributed by atoms with van der Waals surface area (Å²) in [5, 5.41) is 1.75. The van der Waals surface area contributed by atoms with Crippen LogP contribution >= 0.6 is 11.6 Å². The molecule has 0 aliphatic carbocycles. The molecule has 0 unspecified atom stereocenters. The van der Waals surface area contributed by atoms with E-state index >= 15 is 0 Å². The summed E-state index contributed by atoms with van der Waals surface area (Å²) in [5.74, 6) is 0.0634. The average molecular weight is 250 g/mol. The van der Waals surface area contributed by atoms with Gasteiger partial charge in [-0.2, -0.15) is 0 Å². The smallest absolute Gasteiger partial charge is 0.228 e. The first-order valence-electron chi connectivity index (χ1n) is 5.94. The minimum Gasteiger partial charge on any atom is -0.284 e. The van der Waals surface area contributed by atoms with E-state index in [1.54, 1.807) is 11.5 Å². The second kappa shape index (κ2) is 4.92. The summed E-state index contributed by atoms with van der Waals surface area (Å²) in [6.07, 6.45) is 3.15. The van der Waals surface area contributed by atoms with Crippen molar-refractivity contribution in [3.05, 3.63) is 35.0 Å². The number of aromatic nitrogens is 1. The third-order valence-electron chi connectivity index (χ3n) is 2.94. The zero-order valence-electron chi connectivity index (χ0n) is 10.2. The molecule has 17 heavy (non-hydrogen) atoms. The van der Waals surface area contributed by atoms with E-state index in [-0.39, 0.29) is 5.91 Å². The lowest BCUT2D eigenvalue weighted by atomic mass is 10.2. The molecule has 2 rings (SSSR count). The van der Waals surface area contributed by atoms with Gasteiger partial charge in [0.15, 0.2) is 0 Å². The van der Waals surface area contributed by atoms with Gasteiger partial charge in [-0.05, 0) is 37.1 Å². The minimum absolute atomic E-state index is 0.0634. The molecule has 2 aromatic rings. The Balaban J connectivity index is 2.57. The largest absolute Gasteiger partial charge is 0.284 e. The topological polar surface area (TPSA) is 22.0 Å². The third kappa shape index (κ3) is 2.37. The molecule has 1 aromatic heterocycles. The van der Waals surface area contributed by atoms with Gasteiger partial charge in [0.05, 0.1) is 5.52 Å². The maximum Gasteiger partial charge on any atom is 0.228 e. The van der Waals surface area contributed by atoms with Crippen LogP contribution in [0.5, 0.6) is 0 Å². The molecule has 0 fully saturated rings. The number of unbranched alkanes of at least 4 members (excludes halogenated alkanes) is 1. The molecule has 0 spiro atoms. The van der Waals surface area contributed by atoms with Crippen LogP contribution in [0.1, 0.15) is 37.2 Å². The number of nitrogens with zero attached hydrogens (tertiary/aromatic N) is 1. The first kappa shape index (κ1) is 12.2. The van der Waals surface area contributed by atoms with Gasteiger partial charge in [-0.3, -0.25) is 9.36 Å². The molecule has 1 aromatic carbocycles. The molecule has 0 atom stereocenters. The fourth-order valence-electron chi connectivity index (χ4n) is 2.16. The molecule has 0 aliphatic heterocycles. The van der Waals surface area contributed by atoms with Crippen molar-refractivity contribution in [2.75, 3.05) is 0 Å². The second-order valence-electron chi connectivity index (χ2n) is 4.30. The summed E-state index contributed by atoms with van der Waals surface area (Å²) in [4.78, 5) is 11.7. The number of carbonyl (C=O) groups is 1. The highest BCUT2D eigenvalue weighted by molar-refractivity contribution is 6.31. The van der Waals surface area contributed by atoms with Crippen molar-refractivity contribution in [1.29, 1.82) is 0 Å². The number of carbonyl (C=O) groups excluding carboxylic acids is 1. The molecule has 0 saturated carbocycles. The van der Waals surface area contributed by atoms with Gasteiger partial charge >= 0.3 is 0 Å². The van der Waals surface area contributed by atoms with Crippen LogP contribution in [0.2, 0.25) is 5.02 Å². The zero-order valence-corrected chi connectivity index (χ0v) is 10.9. The van der Waals surface area contributed by atoms with Crippen molar-refractivity contribution >= 4 is 28.4 Å². The molecule has 2 nitrogen and oxygen atoms in total. The van der Waals surface area contributed by atoms with Crippen LogP contribution < -0.4 is 0 Å². The van der Waals surface area contributed by atoms with Crippen molar-refractivity contribution in [3.63, 3.8) is 0 Å². The normalized spacial score (nSPS) is 11.0. The predicted octanol–water partition coefficient (Wildman–Crippen LogP) is 4.30. The summed E-state index contributed by atoms with van der Waals surface area (Å²) in [7, 11) is 0. The van der Waals surface area contributed by atoms with E-state index in [0.717, 1.165) is 35.9 Å². The second-order valence-corrected chi connectivity index (χ2v) is 4.73. The van der Waals surface area contributed by atoms with Crippen LogP contribution in [0, 0.1) is 0 Å². The van der Waals surface area contributed by atoms with Crippen molar-refractivity contribution in [3.8, 4) is 0 Å². The standard InChI is InChI=1S/C14H16ClNO/c1-3-4-5-13-9-11-8-12(15)6-7-14(11)16(13)10(2)17/h6-9H,3-5H2,1-2H3. The summed E-state index contributed by atoms with van der Waals surface area (Å²) in [6.45, 7) is 3.75. The van der Waals surface area contributed by atoms with Gasteiger partial charge in [-0.1, -0.05) is 24.9 Å². The van der Waals surface area contributed by atoms with E-state index in [0.29, 0.717) is 5.02 Å². The van der Waals surface area contributed by atoms with Gasteiger partial charge in [0.2, 0.25) is 5.91 Å². The van der Waals surface area contributed by atoms with Crippen LogP contribution in [0.3, 0.4) is 0 Å². The molecule has 0 saturated heterocycles. The van der Waals surface area contributed by atoms with Gasteiger partial charge in [-0.25, -0.2) is 0 Å². The van der Waals surface area contributed by atoms with Crippen LogP contribution in [0.15, 0.2) is 24.3 Å². The number of hydrogen-bond donors (Lipinski definition) is 0. The number of halogens is 1. The molecule has 0 bridgehead atoms. The van der Waals surface area contributed by atoms with Crippen molar-refractivity contribution in [2.24, 2.45) is 0 Å². The van der Waals surface area contributed by atoms with E-state index in [9.17, 15) is 4.79 Å². The molecular weight excluding hydrogens is 234 g/mol. The predicted molar refractivity (Wildman–Crippen MR) is 71.9 cm³/mol. The first-order chi connectivity index (χ1) is 8.13. The number of aryl methyl sites for hydroxylation is 1. The van der Waals surface area contributed by atoms with Gasteiger partial charge in [0, 0.05) is 23.0 Å². The van der Waals surface area contributed by atoms with Crippen LogP contribution in [0.25, 0.3) is 10.9 Å². The van der Waals surface area contributed by atoms with Gasteiger partial charge in [-0.15, -0.1) is 0 Å². The Morgan fingerprint density at radius 2 is 2.12 bits per heavy atom. The highest BCUT2D eigenvalue weighted by atomic mass is 35.5. The van der Waals surface area contributed by atoms with Crippen LogP contribution in [-0.2, 0) is 6.42 Å². The molecule has 1 heterocycles. The summed E-state index contributed by atoms with van der Waals surface area (Å²) in [6, 6.07) is 7.71. The summed E-state index contributed by atoms with van der Waals surface area (Å²) in [5.41, 5.74) is 2.03. The van der Waals surface area contributed by atoms with E-state index in [2.05, 4.69) is 13.0 Å². The minimum atomic E-state index is 0.0634. The van der Waals surface area contributed by atoms with E-state index < -0.39 is 0 Å². The SMILES string of the molecule is CCCCc1cc2cc(Cl)ccc2n1C(C)=O. The monoisotopic (exact) mass is 249 g/mol. The Morgan fingerprint density at radius 1 is 1.35 bits per heavy atom. The Morgan fingerprint density at radius 3 is 2.76 bits per heavy atom. The molecule has 3 heteroatoms. The molecule has 0 radical (unpaired) electrons. The molecule has 0 N–H and O–H groups in total. The number of hydrogen-bond acceptors (Lipinski definition) is 1. The molecule has 90 valence electrons. The number of benzene rings is 1. The van der Waals surface area contributed by atoms with Gasteiger partial charge < -0.3 is 0 Å². The van der Waals surface area contributed by atoms with Gasteiger partial charge in [0.25, 0.3) is 0 Å².